The molecule has 2 aromatic rings. The van der Waals surface area contributed by atoms with E-state index in [9.17, 15) is 4.79 Å². The van der Waals surface area contributed by atoms with Crippen molar-refractivity contribution in [3.05, 3.63) is 51.5 Å². The first-order chi connectivity index (χ1) is 11.1. The molecule has 1 fully saturated rings. The van der Waals surface area contributed by atoms with Crippen LogP contribution in [-0.2, 0) is 17.8 Å². The third-order valence-electron chi connectivity index (χ3n) is 4.35. The largest absolute Gasteiger partial charge is 0.340 e. The van der Waals surface area contributed by atoms with Crippen LogP contribution >= 0.6 is 11.3 Å². The van der Waals surface area contributed by atoms with E-state index in [1.807, 2.05) is 35.2 Å². The predicted molar refractivity (Wildman–Crippen MR) is 93.6 cm³/mol. The SMILES string of the molecule is Cc1nc(CN2CCN(C(=O)Cc3ccccc3)CC2)sc1C. The Morgan fingerprint density at radius 1 is 1.13 bits per heavy atom. The minimum Gasteiger partial charge on any atom is -0.340 e. The van der Waals surface area contributed by atoms with E-state index in [1.165, 1.54) is 9.88 Å². The molecular formula is C18H23N3OS. The maximum absolute atomic E-state index is 12.4. The molecule has 1 amide bonds. The van der Waals surface area contributed by atoms with Crippen LogP contribution in [0, 0.1) is 13.8 Å². The Hall–Kier alpha value is -1.72. The van der Waals surface area contributed by atoms with Crippen molar-refractivity contribution in [1.29, 1.82) is 0 Å². The molecule has 1 aliphatic rings. The number of amides is 1. The van der Waals surface area contributed by atoms with Gasteiger partial charge in [-0.1, -0.05) is 30.3 Å². The molecule has 1 aromatic carbocycles. The number of thiazole rings is 1. The average Bonchev–Trinajstić information content (AvgIpc) is 2.87. The van der Waals surface area contributed by atoms with E-state index < -0.39 is 0 Å². The lowest BCUT2D eigenvalue weighted by Crippen LogP contribution is -2.48. The van der Waals surface area contributed by atoms with Crippen LogP contribution in [0.25, 0.3) is 0 Å². The molecule has 5 heteroatoms. The molecule has 23 heavy (non-hydrogen) atoms. The third-order valence-corrected chi connectivity index (χ3v) is 5.41. The van der Waals surface area contributed by atoms with Gasteiger partial charge in [0.25, 0.3) is 0 Å². The highest BCUT2D eigenvalue weighted by molar-refractivity contribution is 7.11. The topological polar surface area (TPSA) is 36.4 Å². The zero-order valence-corrected chi connectivity index (χ0v) is 14.6. The van der Waals surface area contributed by atoms with Crippen molar-refractivity contribution < 1.29 is 4.79 Å². The zero-order chi connectivity index (χ0) is 16.2. The van der Waals surface area contributed by atoms with Gasteiger partial charge in [-0.15, -0.1) is 11.3 Å². The van der Waals surface area contributed by atoms with Crippen molar-refractivity contribution in [2.75, 3.05) is 26.2 Å². The van der Waals surface area contributed by atoms with E-state index in [0.717, 1.165) is 44.0 Å². The predicted octanol–water partition coefficient (Wildman–Crippen LogP) is 2.65. The molecule has 0 radical (unpaired) electrons. The van der Waals surface area contributed by atoms with E-state index in [1.54, 1.807) is 11.3 Å². The number of aryl methyl sites for hydroxylation is 2. The van der Waals surface area contributed by atoms with Crippen molar-refractivity contribution in [1.82, 2.24) is 14.8 Å². The molecule has 4 nitrogen and oxygen atoms in total. The molecule has 1 aromatic heterocycles. The fourth-order valence-corrected chi connectivity index (χ4v) is 3.81. The Morgan fingerprint density at radius 3 is 2.43 bits per heavy atom. The fourth-order valence-electron chi connectivity index (χ4n) is 2.84. The van der Waals surface area contributed by atoms with Gasteiger partial charge in [0.1, 0.15) is 5.01 Å². The standard InChI is InChI=1S/C18H23N3OS/c1-14-15(2)23-17(19-14)13-20-8-10-21(11-9-20)18(22)12-16-6-4-3-5-7-16/h3-7H,8-13H2,1-2H3. The van der Waals surface area contributed by atoms with Crippen molar-refractivity contribution in [2.45, 2.75) is 26.8 Å². The molecule has 0 aliphatic carbocycles. The van der Waals surface area contributed by atoms with Gasteiger partial charge in [-0.05, 0) is 19.4 Å². The van der Waals surface area contributed by atoms with Crippen molar-refractivity contribution in [3.8, 4) is 0 Å². The Balaban J connectivity index is 1.49. The number of carbonyl (C=O) groups is 1. The molecule has 0 saturated carbocycles. The zero-order valence-electron chi connectivity index (χ0n) is 13.8. The summed E-state index contributed by atoms with van der Waals surface area (Å²) in [5, 5.41) is 1.18. The van der Waals surface area contributed by atoms with Gasteiger partial charge in [0, 0.05) is 31.1 Å². The lowest BCUT2D eigenvalue weighted by molar-refractivity contribution is -0.132. The Bertz CT molecular complexity index is 641. The number of benzene rings is 1. The smallest absolute Gasteiger partial charge is 0.227 e. The van der Waals surface area contributed by atoms with Crippen LogP contribution in [0.1, 0.15) is 21.1 Å². The van der Waals surface area contributed by atoms with Gasteiger partial charge < -0.3 is 4.90 Å². The summed E-state index contributed by atoms with van der Waals surface area (Å²) >= 11 is 1.78. The van der Waals surface area contributed by atoms with Gasteiger partial charge >= 0.3 is 0 Å². The number of rotatable bonds is 4. The third kappa shape index (κ3) is 4.18. The van der Waals surface area contributed by atoms with E-state index in [-0.39, 0.29) is 5.91 Å². The van der Waals surface area contributed by atoms with E-state index in [4.69, 9.17) is 0 Å². The summed E-state index contributed by atoms with van der Waals surface area (Å²) in [7, 11) is 0. The summed E-state index contributed by atoms with van der Waals surface area (Å²) in [4.78, 5) is 22.7. The van der Waals surface area contributed by atoms with Crippen LogP contribution in [-0.4, -0.2) is 46.9 Å². The van der Waals surface area contributed by atoms with Gasteiger partial charge in [0.05, 0.1) is 18.7 Å². The number of hydrogen-bond acceptors (Lipinski definition) is 4. The molecule has 1 saturated heterocycles. The van der Waals surface area contributed by atoms with E-state index in [0.29, 0.717) is 6.42 Å². The van der Waals surface area contributed by atoms with Crippen LogP contribution in [0.5, 0.6) is 0 Å². The van der Waals surface area contributed by atoms with Crippen molar-refractivity contribution in [2.24, 2.45) is 0 Å². The minimum atomic E-state index is 0.233. The Labute approximate surface area is 141 Å². The number of nitrogens with zero attached hydrogens (tertiary/aromatic N) is 3. The van der Waals surface area contributed by atoms with Gasteiger partial charge in [-0.2, -0.15) is 0 Å². The van der Waals surface area contributed by atoms with Crippen LogP contribution in [0.15, 0.2) is 30.3 Å². The lowest BCUT2D eigenvalue weighted by Gasteiger charge is -2.34. The molecule has 2 heterocycles. The summed E-state index contributed by atoms with van der Waals surface area (Å²) in [6.07, 6.45) is 0.506. The molecule has 0 N–H and O–H groups in total. The second-order valence-electron chi connectivity index (χ2n) is 6.07. The lowest BCUT2D eigenvalue weighted by atomic mass is 10.1. The minimum absolute atomic E-state index is 0.233. The van der Waals surface area contributed by atoms with Crippen molar-refractivity contribution >= 4 is 17.2 Å². The van der Waals surface area contributed by atoms with Crippen LogP contribution in [0.4, 0.5) is 0 Å². The highest BCUT2D eigenvalue weighted by Gasteiger charge is 2.21. The number of piperazine rings is 1. The fraction of sp³-hybridized carbons (Fsp3) is 0.444. The van der Waals surface area contributed by atoms with Gasteiger partial charge in [0.2, 0.25) is 5.91 Å². The highest BCUT2D eigenvalue weighted by Crippen LogP contribution is 2.19. The quantitative estimate of drug-likeness (QED) is 0.865. The van der Waals surface area contributed by atoms with Gasteiger partial charge in [0.15, 0.2) is 0 Å². The average molecular weight is 329 g/mol. The van der Waals surface area contributed by atoms with Crippen LogP contribution < -0.4 is 0 Å². The van der Waals surface area contributed by atoms with E-state index >= 15 is 0 Å². The summed E-state index contributed by atoms with van der Waals surface area (Å²) in [5.74, 6) is 0.233. The van der Waals surface area contributed by atoms with Crippen LogP contribution in [0.2, 0.25) is 0 Å². The number of aromatic nitrogens is 1. The molecule has 1 aliphatic heterocycles. The Kier molecular flexibility index (Phi) is 5.08. The van der Waals surface area contributed by atoms with Gasteiger partial charge in [-0.3, -0.25) is 9.69 Å². The molecule has 0 atom stereocenters. The molecular weight excluding hydrogens is 306 g/mol. The van der Waals surface area contributed by atoms with Crippen LogP contribution in [0.3, 0.4) is 0 Å². The second kappa shape index (κ2) is 7.23. The molecule has 0 spiro atoms. The summed E-state index contributed by atoms with van der Waals surface area (Å²) in [5.41, 5.74) is 2.23. The maximum Gasteiger partial charge on any atom is 0.227 e. The van der Waals surface area contributed by atoms with Gasteiger partial charge in [-0.25, -0.2) is 4.98 Å². The first kappa shape index (κ1) is 16.1. The number of carbonyl (C=O) groups excluding carboxylic acids is 1. The first-order valence-corrected chi connectivity index (χ1v) is 8.90. The second-order valence-corrected chi connectivity index (χ2v) is 7.36. The molecule has 0 bridgehead atoms. The first-order valence-electron chi connectivity index (χ1n) is 8.09. The summed E-state index contributed by atoms with van der Waals surface area (Å²) < 4.78 is 0. The summed E-state index contributed by atoms with van der Waals surface area (Å²) in [6.45, 7) is 8.58. The number of hydrogen-bond donors (Lipinski definition) is 0. The summed E-state index contributed by atoms with van der Waals surface area (Å²) in [6, 6.07) is 9.98. The normalized spacial score (nSPS) is 15.8. The highest BCUT2D eigenvalue weighted by atomic mass is 32.1. The Morgan fingerprint density at radius 2 is 1.83 bits per heavy atom. The molecule has 3 rings (SSSR count). The van der Waals surface area contributed by atoms with E-state index in [2.05, 4.69) is 23.7 Å². The molecule has 122 valence electrons. The van der Waals surface area contributed by atoms with Crippen molar-refractivity contribution in [3.63, 3.8) is 0 Å². The molecule has 0 unspecified atom stereocenters. The maximum atomic E-state index is 12.4. The monoisotopic (exact) mass is 329 g/mol.